The monoisotopic (exact) mass is 418 g/mol. The van der Waals surface area contributed by atoms with Crippen molar-refractivity contribution in [2.45, 2.75) is 62.3 Å². The van der Waals surface area contributed by atoms with Crippen molar-refractivity contribution < 1.29 is 13.2 Å². The Morgan fingerprint density at radius 2 is 1.86 bits per heavy atom. The van der Waals surface area contributed by atoms with Crippen molar-refractivity contribution in [3.8, 4) is 0 Å². The zero-order chi connectivity index (χ0) is 20.5. The smallest absolute Gasteiger partial charge is 0.240 e. The molecule has 0 radical (unpaired) electrons. The van der Waals surface area contributed by atoms with Crippen LogP contribution >= 0.6 is 0 Å². The second-order valence-corrected chi connectivity index (χ2v) is 9.32. The molecule has 0 unspecified atom stereocenters. The SMILES string of the molecule is O=C(CCNS(=O)(=O)c1ccc(C2CCCCC2)cc1)NCCCn1ccnc1. The number of aromatic nitrogens is 2. The molecule has 8 heteroatoms. The van der Waals surface area contributed by atoms with Gasteiger partial charge in [-0.1, -0.05) is 31.4 Å². The number of hydrogen-bond acceptors (Lipinski definition) is 4. The molecule has 1 aliphatic carbocycles. The van der Waals surface area contributed by atoms with Gasteiger partial charge in [-0.3, -0.25) is 4.79 Å². The fourth-order valence-electron chi connectivity index (χ4n) is 3.73. The van der Waals surface area contributed by atoms with Crippen LogP contribution in [-0.2, 0) is 21.4 Å². The largest absolute Gasteiger partial charge is 0.356 e. The Labute approximate surface area is 173 Å². The molecular weight excluding hydrogens is 388 g/mol. The highest BCUT2D eigenvalue weighted by Gasteiger charge is 2.18. The molecule has 1 aromatic carbocycles. The number of amides is 1. The molecule has 158 valence electrons. The quantitative estimate of drug-likeness (QED) is 0.580. The number of benzene rings is 1. The van der Waals surface area contributed by atoms with Gasteiger partial charge in [-0.25, -0.2) is 18.1 Å². The van der Waals surface area contributed by atoms with E-state index in [9.17, 15) is 13.2 Å². The number of imidazole rings is 1. The van der Waals surface area contributed by atoms with Gasteiger partial charge in [0.2, 0.25) is 15.9 Å². The summed E-state index contributed by atoms with van der Waals surface area (Å²) in [6.45, 7) is 1.41. The molecular formula is C21H30N4O3S. The van der Waals surface area contributed by atoms with E-state index in [0.29, 0.717) is 12.5 Å². The second kappa shape index (κ2) is 10.5. The maximum atomic E-state index is 12.4. The van der Waals surface area contributed by atoms with Gasteiger partial charge in [0, 0.05) is 38.4 Å². The lowest BCUT2D eigenvalue weighted by Gasteiger charge is -2.22. The average molecular weight is 419 g/mol. The number of carbonyl (C=O) groups excluding carboxylic acids is 1. The Morgan fingerprint density at radius 3 is 2.55 bits per heavy atom. The Balaban J connectivity index is 1.38. The van der Waals surface area contributed by atoms with Crippen LogP contribution in [0.1, 0.15) is 56.4 Å². The van der Waals surface area contributed by atoms with Crippen LogP contribution in [-0.4, -0.2) is 37.0 Å². The zero-order valence-electron chi connectivity index (χ0n) is 16.7. The minimum absolute atomic E-state index is 0.0834. The normalized spacial score (nSPS) is 15.3. The van der Waals surface area contributed by atoms with E-state index in [4.69, 9.17) is 0 Å². The number of aryl methyl sites for hydroxylation is 1. The fraction of sp³-hybridized carbons (Fsp3) is 0.524. The van der Waals surface area contributed by atoms with Gasteiger partial charge in [-0.15, -0.1) is 0 Å². The number of rotatable bonds is 10. The van der Waals surface area contributed by atoms with E-state index < -0.39 is 10.0 Å². The molecule has 1 aromatic heterocycles. The predicted octanol–water partition coefficient (Wildman–Crippen LogP) is 2.81. The molecule has 7 nitrogen and oxygen atoms in total. The molecule has 1 fully saturated rings. The Morgan fingerprint density at radius 1 is 1.10 bits per heavy atom. The highest BCUT2D eigenvalue weighted by atomic mass is 32.2. The van der Waals surface area contributed by atoms with Crippen molar-refractivity contribution in [1.82, 2.24) is 19.6 Å². The molecule has 1 aliphatic rings. The Bertz CT molecular complexity index is 858. The van der Waals surface area contributed by atoms with Gasteiger partial charge in [0.05, 0.1) is 11.2 Å². The van der Waals surface area contributed by atoms with E-state index in [0.717, 1.165) is 13.0 Å². The summed E-state index contributed by atoms with van der Waals surface area (Å²) in [5.74, 6) is 0.386. The van der Waals surface area contributed by atoms with Crippen molar-refractivity contribution in [2.24, 2.45) is 0 Å². The molecule has 0 saturated heterocycles. The summed E-state index contributed by atoms with van der Waals surface area (Å²) >= 11 is 0. The number of sulfonamides is 1. The lowest BCUT2D eigenvalue weighted by molar-refractivity contribution is -0.120. The van der Waals surface area contributed by atoms with Crippen LogP contribution in [0.3, 0.4) is 0 Å². The van der Waals surface area contributed by atoms with Crippen LogP contribution in [0.15, 0.2) is 47.9 Å². The van der Waals surface area contributed by atoms with Crippen LogP contribution in [0.5, 0.6) is 0 Å². The second-order valence-electron chi connectivity index (χ2n) is 7.56. The van der Waals surface area contributed by atoms with E-state index in [1.54, 1.807) is 24.7 Å². The maximum Gasteiger partial charge on any atom is 0.240 e. The Hall–Kier alpha value is -2.19. The Kier molecular flexibility index (Phi) is 7.83. The first-order valence-corrected chi connectivity index (χ1v) is 11.8. The first-order chi connectivity index (χ1) is 14.0. The van der Waals surface area contributed by atoms with Crippen LogP contribution in [0.2, 0.25) is 0 Å². The van der Waals surface area contributed by atoms with E-state index in [2.05, 4.69) is 15.0 Å². The zero-order valence-corrected chi connectivity index (χ0v) is 17.5. The molecule has 1 heterocycles. The molecule has 0 bridgehead atoms. The highest BCUT2D eigenvalue weighted by molar-refractivity contribution is 7.89. The van der Waals surface area contributed by atoms with Crippen molar-refractivity contribution >= 4 is 15.9 Å². The lowest BCUT2D eigenvalue weighted by Crippen LogP contribution is -2.31. The van der Waals surface area contributed by atoms with Crippen LogP contribution in [0.4, 0.5) is 0 Å². The maximum absolute atomic E-state index is 12.4. The molecule has 2 aromatic rings. The van der Waals surface area contributed by atoms with Crippen LogP contribution < -0.4 is 10.0 Å². The number of carbonyl (C=O) groups is 1. The molecule has 0 aliphatic heterocycles. The van der Waals surface area contributed by atoms with Gasteiger partial charge in [-0.2, -0.15) is 0 Å². The molecule has 1 saturated carbocycles. The number of hydrogen-bond donors (Lipinski definition) is 2. The lowest BCUT2D eigenvalue weighted by atomic mass is 9.84. The third kappa shape index (κ3) is 6.68. The van der Waals surface area contributed by atoms with Gasteiger partial charge >= 0.3 is 0 Å². The van der Waals surface area contributed by atoms with Crippen LogP contribution in [0.25, 0.3) is 0 Å². The van der Waals surface area contributed by atoms with Gasteiger partial charge < -0.3 is 9.88 Å². The molecule has 29 heavy (non-hydrogen) atoms. The predicted molar refractivity (Wildman–Crippen MR) is 112 cm³/mol. The first-order valence-electron chi connectivity index (χ1n) is 10.4. The molecule has 1 amide bonds. The average Bonchev–Trinajstić information content (AvgIpc) is 3.25. The highest BCUT2D eigenvalue weighted by Crippen LogP contribution is 2.32. The summed E-state index contributed by atoms with van der Waals surface area (Å²) in [6, 6.07) is 7.19. The fourth-order valence-corrected chi connectivity index (χ4v) is 4.77. The molecule has 0 spiro atoms. The van der Waals surface area contributed by atoms with Crippen molar-refractivity contribution in [3.05, 3.63) is 48.5 Å². The summed E-state index contributed by atoms with van der Waals surface area (Å²) < 4.78 is 29.3. The van der Waals surface area contributed by atoms with Crippen molar-refractivity contribution in [1.29, 1.82) is 0 Å². The summed E-state index contributed by atoms with van der Waals surface area (Å²) in [5, 5.41) is 2.81. The minimum atomic E-state index is -3.60. The van der Waals surface area contributed by atoms with Gasteiger partial charge in [0.15, 0.2) is 0 Å². The van der Waals surface area contributed by atoms with Crippen molar-refractivity contribution in [3.63, 3.8) is 0 Å². The van der Waals surface area contributed by atoms with Gasteiger partial charge in [0.25, 0.3) is 0 Å². The molecule has 3 rings (SSSR count). The van der Waals surface area contributed by atoms with E-state index >= 15 is 0 Å². The van der Waals surface area contributed by atoms with Gasteiger partial charge in [-0.05, 0) is 42.9 Å². The molecule has 0 atom stereocenters. The minimum Gasteiger partial charge on any atom is -0.356 e. The summed E-state index contributed by atoms with van der Waals surface area (Å²) in [6.07, 6.45) is 12.4. The molecule has 2 N–H and O–H groups in total. The van der Waals surface area contributed by atoms with E-state index in [1.807, 2.05) is 22.9 Å². The third-order valence-corrected chi connectivity index (χ3v) is 6.86. The third-order valence-electron chi connectivity index (χ3n) is 5.39. The first kappa shape index (κ1) is 21.5. The van der Waals surface area contributed by atoms with Gasteiger partial charge in [0.1, 0.15) is 0 Å². The van der Waals surface area contributed by atoms with E-state index in [1.165, 1.54) is 37.7 Å². The van der Waals surface area contributed by atoms with Crippen LogP contribution in [0, 0.1) is 0 Å². The topological polar surface area (TPSA) is 93.1 Å². The number of nitrogens with one attached hydrogen (secondary N) is 2. The summed E-state index contributed by atoms with van der Waals surface area (Å²) in [4.78, 5) is 16.1. The standard InChI is InChI=1S/C21H30N4O3S/c26-21(23-12-4-15-25-16-14-22-17-25)11-13-24-29(27,28)20-9-7-19(8-10-20)18-5-2-1-3-6-18/h7-10,14,16-18,24H,1-6,11-13,15H2,(H,23,26). The number of nitrogens with zero attached hydrogens (tertiary/aromatic N) is 2. The summed E-state index contributed by atoms with van der Waals surface area (Å²) in [5.41, 5.74) is 1.22. The van der Waals surface area contributed by atoms with E-state index in [-0.39, 0.29) is 23.8 Å². The summed E-state index contributed by atoms with van der Waals surface area (Å²) in [7, 11) is -3.60. The van der Waals surface area contributed by atoms with Crippen molar-refractivity contribution in [2.75, 3.05) is 13.1 Å².